The van der Waals surface area contributed by atoms with Gasteiger partial charge in [-0.1, -0.05) is 6.92 Å². The van der Waals surface area contributed by atoms with Gasteiger partial charge in [0, 0.05) is 12.2 Å². The van der Waals surface area contributed by atoms with E-state index in [1.54, 1.807) is 0 Å². The molecule has 0 heterocycles. The van der Waals surface area contributed by atoms with Gasteiger partial charge in [0.25, 0.3) is 0 Å². The topological polar surface area (TPSA) is 63.6 Å². The van der Waals surface area contributed by atoms with E-state index >= 15 is 0 Å². The Hall–Kier alpha value is -1.32. The van der Waals surface area contributed by atoms with Gasteiger partial charge < -0.3 is 9.84 Å². The second-order valence-corrected chi connectivity index (χ2v) is 1.84. The largest absolute Gasteiger partial charge is 0.478 e. The van der Waals surface area contributed by atoms with Crippen LogP contribution in [-0.4, -0.2) is 23.7 Å². The van der Waals surface area contributed by atoms with Gasteiger partial charge >= 0.3 is 11.9 Å². The molecule has 4 heteroatoms. The highest BCUT2D eigenvalue weighted by Crippen LogP contribution is 1.84. The molecular weight excluding hydrogens is 148 g/mol. The van der Waals surface area contributed by atoms with E-state index in [4.69, 9.17) is 5.11 Å². The van der Waals surface area contributed by atoms with Crippen molar-refractivity contribution in [2.75, 3.05) is 6.61 Å². The van der Waals surface area contributed by atoms with Crippen LogP contribution < -0.4 is 0 Å². The number of carbonyl (C=O) groups is 2. The molecule has 0 bridgehead atoms. The Morgan fingerprint density at radius 2 is 2.09 bits per heavy atom. The van der Waals surface area contributed by atoms with Crippen LogP contribution in [0, 0.1) is 0 Å². The van der Waals surface area contributed by atoms with Gasteiger partial charge in [0.1, 0.15) is 0 Å². The second-order valence-electron chi connectivity index (χ2n) is 1.84. The summed E-state index contributed by atoms with van der Waals surface area (Å²) in [7, 11) is 0. The molecule has 0 saturated carbocycles. The zero-order valence-electron chi connectivity index (χ0n) is 6.24. The molecule has 0 rings (SSSR count). The molecule has 0 spiro atoms. The van der Waals surface area contributed by atoms with E-state index in [-0.39, 0.29) is 0 Å². The van der Waals surface area contributed by atoms with E-state index < -0.39 is 11.9 Å². The van der Waals surface area contributed by atoms with Gasteiger partial charge in [0.2, 0.25) is 0 Å². The number of carbonyl (C=O) groups excluding carboxylic acids is 1. The number of aliphatic carboxylic acids is 1. The van der Waals surface area contributed by atoms with Crippen LogP contribution in [-0.2, 0) is 14.3 Å². The maximum Gasteiger partial charge on any atom is 0.331 e. The lowest BCUT2D eigenvalue weighted by molar-refractivity contribution is -0.138. The number of carboxylic acids is 1. The Morgan fingerprint density at radius 1 is 1.45 bits per heavy atom. The van der Waals surface area contributed by atoms with E-state index in [0.717, 1.165) is 18.6 Å². The van der Waals surface area contributed by atoms with E-state index in [2.05, 4.69) is 4.74 Å². The summed E-state index contributed by atoms with van der Waals surface area (Å²) in [6, 6.07) is 0. The smallest absolute Gasteiger partial charge is 0.331 e. The molecule has 0 aliphatic heterocycles. The minimum Gasteiger partial charge on any atom is -0.478 e. The van der Waals surface area contributed by atoms with Crippen molar-refractivity contribution in [3.63, 3.8) is 0 Å². The Balaban J connectivity index is 3.60. The summed E-state index contributed by atoms with van der Waals surface area (Å²) >= 11 is 0. The Bertz CT molecular complexity index is 171. The number of hydrogen-bond donors (Lipinski definition) is 1. The zero-order valence-corrected chi connectivity index (χ0v) is 6.24. The molecule has 0 aromatic heterocycles. The summed E-state index contributed by atoms with van der Waals surface area (Å²) < 4.78 is 4.55. The highest BCUT2D eigenvalue weighted by molar-refractivity contribution is 5.90. The molecule has 0 atom stereocenters. The van der Waals surface area contributed by atoms with Crippen molar-refractivity contribution in [2.24, 2.45) is 0 Å². The highest BCUT2D eigenvalue weighted by Gasteiger charge is 1.95. The van der Waals surface area contributed by atoms with Crippen LogP contribution in [0.25, 0.3) is 0 Å². The molecule has 0 radical (unpaired) electrons. The number of rotatable bonds is 4. The number of ether oxygens (including phenoxy) is 1. The first kappa shape index (κ1) is 9.68. The lowest BCUT2D eigenvalue weighted by atomic mass is 10.5. The van der Waals surface area contributed by atoms with Crippen molar-refractivity contribution in [1.29, 1.82) is 0 Å². The lowest BCUT2D eigenvalue weighted by Crippen LogP contribution is -2.02. The van der Waals surface area contributed by atoms with E-state index in [9.17, 15) is 9.59 Å². The fourth-order valence-electron chi connectivity index (χ4n) is 0.390. The fraction of sp³-hybridized carbons (Fsp3) is 0.429. The van der Waals surface area contributed by atoms with Gasteiger partial charge in [-0.15, -0.1) is 0 Å². The molecule has 0 aromatic rings. The van der Waals surface area contributed by atoms with Crippen LogP contribution in [0.2, 0.25) is 0 Å². The molecule has 0 aliphatic carbocycles. The van der Waals surface area contributed by atoms with Crippen LogP contribution >= 0.6 is 0 Å². The predicted molar refractivity (Wildman–Crippen MR) is 38.0 cm³/mol. The van der Waals surface area contributed by atoms with Gasteiger partial charge in [0.15, 0.2) is 0 Å². The quantitative estimate of drug-likeness (QED) is 0.480. The maximum atomic E-state index is 10.5. The lowest BCUT2D eigenvalue weighted by Gasteiger charge is -1.95. The first-order valence-corrected chi connectivity index (χ1v) is 3.24. The minimum atomic E-state index is -1.15. The molecule has 4 nitrogen and oxygen atoms in total. The molecule has 0 fully saturated rings. The van der Waals surface area contributed by atoms with Gasteiger partial charge in [-0.2, -0.15) is 0 Å². The van der Waals surface area contributed by atoms with Gasteiger partial charge in [-0.05, 0) is 6.42 Å². The van der Waals surface area contributed by atoms with Gasteiger partial charge in [-0.25, -0.2) is 9.59 Å². The number of esters is 1. The van der Waals surface area contributed by atoms with Crippen molar-refractivity contribution in [3.8, 4) is 0 Å². The van der Waals surface area contributed by atoms with Gasteiger partial charge in [-0.3, -0.25) is 0 Å². The molecule has 0 aromatic carbocycles. The Labute approximate surface area is 64.5 Å². The molecule has 1 N–H and O–H groups in total. The number of carboxylic acid groups (broad SMARTS) is 1. The first-order chi connectivity index (χ1) is 5.16. The van der Waals surface area contributed by atoms with Crippen molar-refractivity contribution >= 4 is 11.9 Å². The molecular formula is C7H10O4. The van der Waals surface area contributed by atoms with Crippen LogP contribution in [0.15, 0.2) is 12.2 Å². The molecule has 0 saturated heterocycles. The fourth-order valence-corrected chi connectivity index (χ4v) is 0.390. The average molecular weight is 158 g/mol. The SMILES string of the molecule is CCCOC(=O)/C=C/C(=O)O. The van der Waals surface area contributed by atoms with E-state index in [1.165, 1.54) is 0 Å². The van der Waals surface area contributed by atoms with Crippen molar-refractivity contribution in [3.05, 3.63) is 12.2 Å². The van der Waals surface area contributed by atoms with E-state index in [0.29, 0.717) is 6.61 Å². The van der Waals surface area contributed by atoms with Crippen LogP contribution in [0.1, 0.15) is 13.3 Å². The first-order valence-electron chi connectivity index (χ1n) is 3.24. The van der Waals surface area contributed by atoms with E-state index in [1.807, 2.05) is 6.92 Å². The monoisotopic (exact) mass is 158 g/mol. The normalized spacial score (nSPS) is 9.91. The van der Waals surface area contributed by atoms with Crippen molar-refractivity contribution < 1.29 is 19.4 Å². The Kier molecular flexibility index (Phi) is 4.81. The van der Waals surface area contributed by atoms with Crippen molar-refractivity contribution in [2.45, 2.75) is 13.3 Å². The molecule has 0 amide bonds. The summed E-state index contributed by atoms with van der Waals surface area (Å²) in [6.07, 6.45) is 2.36. The maximum absolute atomic E-state index is 10.5. The molecule has 0 aliphatic rings. The summed E-state index contributed by atoms with van der Waals surface area (Å²) in [5.74, 6) is -1.77. The standard InChI is InChI=1S/C7H10O4/c1-2-5-11-7(10)4-3-6(8)9/h3-4H,2,5H2,1H3,(H,8,9)/b4-3+. The van der Waals surface area contributed by atoms with Crippen LogP contribution in [0.5, 0.6) is 0 Å². The van der Waals surface area contributed by atoms with Crippen molar-refractivity contribution in [1.82, 2.24) is 0 Å². The zero-order chi connectivity index (χ0) is 8.69. The molecule has 11 heavy (non-hydrogen) atoms. The number of hydrogen-bond acceptors (Lipinski definition) is 3. The Morgan fingerprint density at radius 3 is 2.55 bits per heavy atom. The third kappa shape index (κ3) is 6.57. The van der Waals surface area contributed by atoms with Gasteiger partial charge in [0.05, 0.1) is 6.61 Å². The second kappa shape index (κ2) is 5.46. The van der Waals surface area contributed by atoms with Crippen LogP contribution in [0.4, 0.5) is 0 Å². The summed E-state index contributed by atoms with van der Waals surface area (Å²) in [5.41, 5.74) is 0. The predicted octanol–water partition coefficient (Wildman–Crippen LogP) is 0.580. The average Bonchev–Trinajstić information content (AvgIpc) is 1.97. The molecule has 62 valence electrons. The van der Waals surface area contributed by atoms with Crippen LogP contribution in [0.3, 0.4) is 0 Å². The minimum absolute atomic E-state index is 0.322. The summed E-state index contributed by atoms with van der Waals surface area (Å²) in [6.45, 7) is 2.18. The third-order valence-corrected chi connectivity index (χ3v) is 0.810. The summed E-state index contributed by atoms with van der Waals surface area (Å²) in [4.78, 5) is 20.4. The third-order valence-electron chi connectivity index (χ3n) is 0.810. The highest BCUT2D eigenvalue weighted by atomic mass is 16.5. The summed E-state index contributed by atoms with van der Waals surface area (Å²) in [5, 5.41) is 8.09. The molecule has 0 unspecified atom stereocenters.